The Labute approximate surface area is 247 Å². The lowest BCUT2D eigenvalue weighted by molar-refractivity contribution is 0.0520. The van der Waals surface area contributed by atoms with E-state index < -0.39 is 5.67 Å². The van der Waals surface area contributed by atoms with Crippen molar-refractivity contribution >= 4 is 5.91 Å². The van der Waals surface area contributed by atoms with Gasteiger partial charge in [-0.1, -0.05) is 68.4 Å². The van der Waals surface area contributed by atoms with E-state index in [0.29, 0.717) is 48.8 Å². The van der Waals surface area contributed by atoms with Gasteiger partial charge in [0.2, 0.25) is 0 Å². The number of carbonyl (C=O) groups excluding carboxylic acids is 1. The summed E-state index contributed by atoms with van der Waals surface area (Å²) in [6, 6.07) is 21.5. The number of carbonyl (C=O) groups is 1. The van der Waals surface area contributed by atoms with Crippen molar-refractivity contribution in [1.29, 1.82) is 0 Å². The van der Waals surface area contributed by atoms with E-state index in [4.69, 9.17) is 14.3 Å². The summed E-state index contributed by atoms with van der Waals surface area (Å²) in [5, 5.41) is 4.80. The molecule has 6 nitrogen and oxygen atoms in total. The summed E-state index contributed by atoms with van der Waals surface area (Å²) in [6.45, 7) is 6.73. The summed E-state index contributed by atoms with van der Waals surface area (Å²) < 4.78 is 29.9. The zero-order valence-corrected chi connectivity index (χ0v) is 24.8. The van der Waals surface area contributed by atoms with Crippen molar-refractivity contribution in [1.82, 2.24) is 14.7 Å². The van der Waals surface area contributed by atoms with Crippen LogP contribution in [0, 0.1) is 6.92 Å². The van der Waals surface area contributed by atoms with Gasteiger partial charge in [0.05, 0.1) is 12.3 Å². The Bertz CT molecular complexity index is 1530. The third-order valence-corrected chi connectivity index (χ3v) is 9.03. The fourth-order valence-electron chi connectivity index (χ4n) is 6.45. The van der Waals surface area contributed by atoms with E-state index >= 15 is 4.39 Å². The highest BCUT2D eigenvalue weighted by Crippen LogP contribution is 2.41. The smallest absolute Gasteiger partial charge is 0.290 e. The van der Waals surface area contributed by atoms with Crippen molar-refractivity contribution in [2.45, 2.75) is 96.8 Å². The molecule has 4 aromatic rings. The Morgan fingerprint density at radius 3 is 2.50 bits per heavy atom. The van der Waals surface area contributed by atoms with Gasteiger partial charge in [-0.15, -0.1) is 0 Å². The second-order valence-electron chi connectivity index (χ2n) is 11.7. The van der Waals surface area contributed by atoms with Gasteiger partial charge in [-0.2, -0.15) is 5.10 Å². The molecule has 1 fully saturated rings. The van der Waals surface area contributed by atoms with Gasteiger partial charge in [0.15, 0.2) is 5.76 Å². The molecule has 0 N–H and O–H groups in total. The number of nitrogens with zero attached hydrogens (tertiary/aromatic N) is 3. The van der Waals surface area contributed by atoms with Crippen LogP contribution in [0.2, 0.25) is 0 Å². The molecule has 6 rings (SSSR count). The molecule has 1 saturated carbocycles. The minimum absolute atomic E-state index is 0.0802. The van der Waals surface area contributed by atoms with Crippen LogP contribution in [0.4, 0.5) is 4.39 Å². The molecule has 1 amide bonds. The summed E-state index contributed by atoms with van der Waals surface area (Å²) in [6.07, 6.45) is 5.25. The number of hydrogen-bond donors (Lipinski definition) is 0. The number of halogens is 1. The molecule has 1 atom stereocenters. The van der Waals surface area contributed by atoms with E-state index in [9.17, 15) is 4.79 Å². The van der Waals surface area contributed by atoms with E-state index in [0.717, 1.165) is 43.4 Å². The third kappa shape index (κ3) is 5.54. The van der Waals surface area contributed by atoms with Crippen molar-refractivity contribution in [2.75, 3.05) is 0 Å². The molecule has 1 unspecified atom stereocenters. The Balaban J connectivity index is 1.19. The number of fused-ring (bicyclic) bond motifs is 1. The molecule has 2 aromatic carbocycles. The second kappa shape index (κ2) is 11.9. The zero-order valence-electron chi connectivity index (χ0n) is 24.8. The highest BCUT2D eigenvalue weighted by molar-refractivity contribution is 5.93. The summed E-state index contributed by atoms with van der Waals surface area (Å²) in [4.78, 5) is 16.0. The van der Waals surface area contributed by atoms with Crippen LogP contribution in [-0.2, 0) is 36.6 Å². The minimum atomic E-state index is -1.44. The second-order valence-corrected chi connectivity index (χ2v) is 11.7. The lowest BCUT2D eigenvalue weighted by Crippen LogP contribution is -2.45. The molecule has 220 valence electrons. The summed E-state index contributed by atoms with van der Waals surface area (Å²) >= 11 is 0. The van der Waals surface area contributed by atoms with Crippen molar-refractivity contribution in [3.8, 4) is 11.3 Å². The molecule has 7 heteroatoms. The summed E-state index contributed by atoms with van der Waals surface area (Å²) in [5.41, 5.74) is 4.45. The SMILES string of the molecule is CCC(F)(CC)c1ccccc1-c1ccc(C(=O)N(C2CC2)C2CCc3c(c(C)nn3COCc3ccccc3)C2)o1. The van der Waals surface area contributed by atoms with Crippen molar-refractivity contribution in [3.05, 3.63) is 101 Å². The number of furan rings is 1. The molecule has 0 radical (unpaired) electrons. The van der Waals surface area contributed by atoms with Gasteiger partial charge in [0, 0.05) is 23.3 Å². The van der Waals surface area contributed by atoms with Gasteiger partial charge in [0.25, 0.3) is 5.91 Å². The molecule has 0 aliphatic heterocycles. The Kier molecular flexibility index (Phi) is 8.04. The maximum Gasteiger partial charge on any atom is 0.290 e. The van der Waals surface area contributed by atoms with E-state index in [1.165, 1.54) is 11.3 Å². The number of amides is 1. The van der Waals surface area contributed by atoms with Crippen LogP contribution in [-0.4, -0.2) is 32.7 Å². The molecule has 2 aromatic heterocycles. The first-order valence-corrected chi connectivity index (χ1v) is 15.3. The first-order chi connectivity index (χ1) is 20.4. The first kappa shape index (κ1) is 28.4. The Morgan fingerprint density at radius 2 is 1.76 bits per heavy atom. The summed E-state index contributed by atoms with van der Waals surface area (Å²) in [5.74, 6) is 0.771. The van der Waals surface area contributed by atoms with Crippen LogP contribution in [0.3, 0.4) is 0 Å². The molecule has 2 aliphatic rings. The van der Waals surface area contributed by atoms with Crippen LogP contribution in [0.1, 0.15) is 84.6 Å². The largest absolute Gasteiger partial charge is 0.451 e. The molecule has 0 saturated heterocycles. The third-order valence-electron chi connectivity index (χ3n) is 9.03. The average Bonchev–Trinajstić information content (AvgIpc) is 3.64. The van der Waals surface area contributed by atoms with Crippen molar-refractivity contribution in [3.63, 3.8) is 0 Å². The normalized spacial score (nSPS) is 16.8. The standard InChI is InChI=1S/C35H40FN3O3/c1-4-35(36,5-2)30-14-10-9-13-28(30)32-19-20-33(42-32)34(40)39(26-15-16-26)27-17-18-31-29(21-27)24(3)37-38(31)23-41-22-25-11-7-6-8-12-25/h6-14,19-20,26-27H,4-5,15-18,21-23H2,1-3H3. The van der Waals surface area contributed by atoms with Gasteiger partial charge in [0.1, 0.15) is 18.2 Å². The van der Waals surface area contributed by atoms with E-state index in [2.05, 4.69) is 17.0 Å². The lowest BCUT2D eigenvalue weighted by Gasteiger charge is -2.34. The van der Waals surface area contributed by atoms with Gasteiger partial charge in [-0.25, -0.2) is 9.07 Å². The number of aryl methyl sites for hydroxylation is 1. The highest BCUT2D eigenvalue weighted by atomic mass is 19.1. The number of rotatable bonds is 11. The van der Waals surface area contributed by atoms with E-state index in [1.54, 1.807) is 6.07 Å². The average molecular weight is 570 g/mol. The predicted molar refractivity (Wildman–Crippen MR) is 161 cm³/mol. The molecule has 2 heterocycles. The molecule has 0 spiro atoms. The van der Waals surface area contributed by atoms with Crippen molar-refractivity contribution < 1.29 is 18.3 Å². The maximum absolute atomic E-state index is 15.7. The minimum Gasteiger partial charge on any atom is -0.451 e. The van der Waals surface area contributed by atoms with Crippen LogP contribution < -0.4 is 0 Å². The van der Waals surface area contributed by atoms with E-state index in [-0.39, 0.29) is 18.0 Å². The summed E-state index contributed by atoms with van der Waals surface area (Å²) in [7, 11) is 0. The quantitative estimate of drug-likeness (QED) is 0.185. The first-order valence-electron chi connectivity index (χ1n) is 15.3. The molecule has 0 bridgehead atoms. The van der Waals surface area contributed by atoms with Crippen LogP contribution in [0.15, 0.2) is 71.1 Å². The predicted octanol–water partition coefficient (Wildman–Crippen LogP) is 7.77. The highest BCUT2D eigenvalue weighted by Gasteiger charge is 2.41. The van der Waals surface area contributed by atoms with Crippen LogP contribution in [0.25, 0.3) is 11.3 Å². The van der Waals surface area contributed by atoms with Gasteiger partial charge >= 0.3 is 0 Å². The molecule has 2 aliphatic carbocycles. The van der Waals surface area contributed by atoms with Gasteiger partial charge in [-0.3, -0.25) is 4.79 Å². The van der Waals surface area contributed by atoms with Gasteiger partial charge in [-0.05, 0) is 80.7 Å². The number of aromatic nitrogens is 2. The Hall–Kier alpha value is -3.71. The molecular formula is C35H40FN3O3. The Morgan fingerprint density at radius 1 is 1.02 bits per heavy atom. The van der Waals surface area contributed by atoms with Crippen LogP contribution >= 0.6 is 0 Å². The number of ether oxygens (including phenoxy) is 1. The van der Waals surface area contributed by atoms with Crippen molar-refractivity contribution in [2.24, 2.45) is 0 Å². The molecular weight excluding hydrogens is 529 g/mol. The number of alkyl halides is 1. The fourth-order valence-corrected chi connectivity index (χ4v) is 6.45. The van der Waals surface area contributed by atoms with Gasteiger partial charge < -0.3 is 14.1 Å². The molecule has 42 heavy (non-hydrogen) atoms. The monoisotopic (exact) mass is 569 g/mol. The fraction of sp³-hybridized carbons (Fsp3) is 0.429. The number of benzene rings is 2. The number of hydrogen-bond acceptors (Lipinski definition) is 4. The maximum atomic E-state index is 15.7. The topological polar surface area (TPSA) is 60.5 Å². The van der Waals surface area contributed by atoms with Crippen LogP contribution in [0.5, 0.6) is 0 Å². The van der Waals surface area contributed by atoms with E-state index in [1.807, 2.05) is 74.0 Å². The zero-order chi connectivity index (χ0) is 29.3. The lowest BCUT2D eigenvalue weighted by atomic mass is 9.86.